The molecule has 26 heavy (non-hydrogen) atoms. The molecule has 1 aromatic heterocycles. The van der Waals surface area contributed by atoms with Crippen molar-refractivity contribution >= 4 is 29.2 Å². The Bertz CT molecular complexity index is 817. The third kappa shape index (κ3) is 5.19. The molecule has 136 valence electrons. The SMILES string of the molecule is CN(CC(=O)OCC(=O)Nc1ccc(F)c([N+](=O)[O-])c1)c1ncccn1. The first-order valence-electron chi connectivity index (χ1n) is 7.24. The van der Waals surface area contributed by atoms with Crippen LogP contribution >= 0.6 is 0 Å². The first-order valence-corrected chi connectivity index (χ1v) is 7.24. The predicted molar refractivity (Wildman–Crippen MR) is 87.9 cm³/mol. The quantitative estimate of drug-likeness (QED) is 0.441. The van der Waals surface area contributed by atoms with Gasteiger partial charge in [-0.3, -0.25) is 19.7 Å². The fraction of sp³-hybridized carbons (Fsp3) is 0.200. The van der Waals surface area contributed by atoms with E-state index in [0.29, 0.717) is 5.95 Å². The van der Waals surface area contributed by atoms with Gasteiger partial charge in [0.25, 0.3) is 5.91 Å². The summed E-state index contributed by atoms with van der Waals surface area (Å²) in [5, 5.41) is 12.9. The van der Waals surface area contributed by atoms with Crippen molar-refractivity contribution in [2.75, 3.05) is 30.4 Å². The predicted octanol–water partition coefficient (Wildman–Crippen LogP) is 1.14. The summed E-state index contributed by atoms with van der Waals surface area (Å²) in [7, 11) is 1.58. The minimum Gasteiger partial charge on any atom is -0.454 e. The van der Waals surface area contributed by atoms with E-state index >= 15 is 0 Å². The number of benzene rings is 1. The molecule has 10 nitrogen and oxygen atoms in total. The molecular weight excluding hydrogens is 349 g/mol. The standard InChI is InChI=1S/C15H14FN5O5/c1-20(15-17-5-2-6-18-15)8-14(23)26-9-13(22)19-10-3-4-11(16)12(7-10)21(24)25/h2-7H,8-9H2,1H3,(H,19,22). The van der Waals surface area contributed by atoms with Crippen molar-refractivity contribution in [2.45, 2.75) is 0 Å². The second kappa shape index (κ2) is 8.46. The van der Waals surface area contributed by atoms with Crippen LogP contribution in [0.4, 0.5) is 21.7 Å². The van der Waals surface area contributed by atoms with Gasteiger partial charge in [0.15, 0.2) is 6.61 Å². The van der Waals surface area contributed by atoms with E-state index in [4.69, 9.17) is 4.74 Å². The average Bonchev–Trinajstić information content (AvgIpc) is 2.62. The molecule has 1 heterocycles. The molecule has 0 fully saturated rings. The van der Waals surface area contributed by atoms with E-state index < -0.39 is 34.9 Å². The highest BCUT2D eigenvalue weighted by Gasteiger charge is 2.16. The fourth-order valence-corrected chi connectivity index (χ4v) is 1.87. The highest BCUT2D eigenvalue weighted by Crippen LogP contribution is 2.21. The Kier molecular flexibility index (Phi) is 6.09. The molecule has 0 radical (unpaired) electrons. The summed E-state index contributed by atoms with van der Waals surface area (Å²) in [6.07, 6.45) is 3.03. The Balaban J connectivity index is 1.84. The molecule has 0 spiro atoms. The number of esters is 1. The normalized spacial score (nSPS) is 10.1. The number of carbonyl (C=O) groups excluding carboxylic acids is 2. The van der Waals surface area contributed by atoms with Crippen molar-refractivity contribution in [2.24, 2.45) is 0 Å². The second-order valence-corrected chi connectivity index (χ2v) is 5.04. The van der Waals surface area contributed by atoms with Gasteiger partial charge in [-0.2, -0.15) is 4.39 Å². The number of hydrogen-bond donors (Lipinski definition) is 1. The first-order chi connectivity index (χ1) is 12.4. The maximum absolute atomic E-state index is 13.2. The van der Waals surface area contributed by atoms with E-state index in [-0.39, 0.29) is 12.2 Å². The maximum atomic E-state index is 13.2. The zero-order valence-corrected chi connectivity index (χ0v) is 13.6. The van der Waals surface area contributed by atoms with Gasteiger partial charge in [-0.05, 0) is 18.2 Å². The van der Waals surface area contributed by atoms with Crippen LogP contribution in [-0.2, 0) is 14.3 Å². The van der Waals surface area contributed by atoms with Gasteiger partial charge >= 0.3 is 11.7 Å². The van der Waals surface area contributed by atoms with Gasteiger partial charge in [0.05, 0.1) is 4.92 Å². The molecule has 1 amide bonds. The molecule has 11 heteroatoms. The molecule has 0 bridgehead atoms. The Morgan fingerprint density at radius 2 is 2.04 bits per heavy atom. The number of nitro benzene ring substituents is 1. The Hall–Kier alpha value is -3.63. The number of rotatable bonds is 7. The van der Waals surface area contributed by atoms with Crippen LogP contribution in [-0.4, -0.2) is 47.0 Å². The topological polar surface area (TPSA) is 128 Å². The molecule has 0 saturated heterocycles. The number of carbonyl (C=O) groups is 2. The van der Waals surface area contributed by atoms with Crippen LogP contribution in [0.2, 0.25) is 0 Å². The molecule has 0 aliphatic heterocycles. The van der Waals surface area contributed by atoms with E-state index in [1.54, 1.807) is 13.1 Å². The summed E-state index contributed by atoms with van der Waals surface area (Å²) in [6, 6.07) is 4.51. The number of likely N-dealkylation sites (N-methyl/N-ethyl adjacent to an activating group) is 1. The van der Waals surface area contributed by atoms with Crippen LogP contribution in [0.15, 0.2) is 36.7 Å². The Morgan fingerprint density at radius 1 is 1.35 bits per heavy atom. The van der Waals surface area contributed by atoms with Crippen LogP contribution < -0.4 is 10.2 Å². The first kappa shape index (κ1) is 18.7. The molecule has 1 aromatic carbocycles. The number of nitro groups is 1. The van der Waals surface area contributed by atoms with Crippen molar-refractivity contribution in [3.05, 3.63) is 52.6 Å². The van der Waals surface area contributed by atoms with E-state index in [1.165, 1.54) is 17.3 Å². The van der Waals surface area contributed by atoms with Gasteiger partial charge in [0, 0.05) is 31.2 Å². The molecule has 0 aliphatic rings. The average molecular weight is 363 g/mol. The molecule has 1 N–H and O–H groups in total. The van der Waals surface area contributed by atoms with E-state index in [0.717, 1.165) is 18.2 Å². The lowest BCUT2D eigenvalue weighted by atomic mass is 10.2. The summed E-state index contributed by atoms with van der Waals surface area (Å²) in [5.74, 6) is -2.13. The number of nitrogens with one attached hydrogen (secondary N) is 1. The Labute approximate surface area is 146 Å². The van der Waals surface area contributed by atoms with E-state index in [2.05, 4.69) is 15.3 Å². The highest BCUT2D eigenvalue weighted by molar-refractivity contribution is 5.93. The fourth-order valence-electron chi connectivity index (χ4n) is 1.87. The minimum absolute atomic E-state index is 0.00829. The zero-order chi connectivity index (χ0) is 19.1. The number of ether oxygens (including phenoxy) is 1. The van der Waals surface area contributed by atoms with Gasteiger partial charge in [0.1, 0.15) is 6.54 Å². The summed E-state index contributed by atoms with van der Waals surface area (Å²) in [5.41, 5.74) is -0.766. The molecule has 2 aromatic rings. The Morgan fingerprint density at radius 3 is 2.69 bits per heavy atom. The van der Waals surface area contributed by atoms with Gasteiger partial charge in [-0.1, -0.05) is 0 Å². The molecular formula is C15H14FN5O5. The summed E-state index contributed by atoms with van der Waals surface area (Å²) in [4.78, 5) is 42.6. The summed E-state index contributed by atoms with van der Waals surface area (Å²) in [6.45, 7) is -0.785. The van der Waals surface area contributed by atoms with Crippen molar-refractivity contribution in [1.82, 2.24) is 9.97 Å². The van der Waals surface area contributed by atoms with Crippen LogP contribution in [0.25, 0.3) is 0 Å². The van der Waals surface area contributed by atoms with Gasteiger partial charge in [-0.25, -0.2) is 9.97 Å². The number of halogens is 1. The number of hydrogen-bond acceptors (Lipinski definition) is 8. The van der Waals surface area contributed by atoms with Gasteiger partial charge in [0.2, 0.25) is 11.8 Å². The lowest BCUT2D eigenvalue weighted by Gasteiger charge is -2.15. The van der Waals surface area contributed by atoms with Crippen LogP contribution in [0, 0.1) is 15.9 Å². The van der Waals surface area contributed by atoms with Crippen molar-refractivity contribution in [3.8, 4) is 0 Å². The number of aromatic nitrogens is 2. The smallest absolute Gasteiger partial charge is 0.326 e. The number of nitrogens with zero attached hydrogens (tertiary/aromatic N) is 4. The van der Waals surface area contributed by atoms with E-state index in [1.807, 2.05) is 0 Å². The third-order valence-electron chi connectivity index (χ3n) is 3.05. The van der Waals surface area contributed by atoms with Crippen molar-refractivity contribution in [3.63, 3.8) is 0 Å². The van der Waals surface area contributed by atoms with Gasteiger partial charge in [-0.15, -0.1) is 0 Å². The lowest BCUT2D eigenvalue weighted by molar-refractivity contribution is -0.387. The van der Waals surface area contributed by atoms with E-state index in [9.17, 15) is 24.1 Å². The number of amides is 1. The largest absolute Gasteiger partial charge is 0.454 e. The van der Waals surface area contributed by atoms with Crippen LogP contribution in [0.3, 0.4) is 0 Å². The van der Waals surface area contributed by atoms with Crippen LogP contribution in [0.5, 0.6) is 0 Å². The molecule has 0 aliphatic carbocycles. The highest BCUT2D eigenvalue weighted by atomic mass is 19.1. The van der Waals surface area contributed by atoms with Gasteiger partial charge < -0.3 is 15.0 Å². The maximum Gasteiger partial charge on any atom is 0.326 e. The van der Waals surface area contributed by atoms with Crippen molar-refractivity contribution < 1.29 is 23.6 Å². The molecule has 2 rings (SSSR count). The molecule has 0 unspecified atom stereocenters. The number of anilines is 2. The third-order valence-corrected chi connectivity index (χ3v) is 3.05. The summed E-state index contributed by atoms with van der Waals surface area (Å²) < 4.78 is 18.0. The monoisotopic (exact) mass is 363 g/mol. The van der Waals surface area contributed by atoms with Crippen molar-refractivity contribution in [1.29, 1.82) is 0 Å². The molecule has 0 atom stereocenters. The lowest BCUT2D eigenvalue weighted by Crippen LogP contribution is -2.30. The van der Waals surface area contributed by atoms with Crippen LogP contribution in [0.1, 0.15) is 0 Å². The zero-order valence-electron chi connectivity index (χ0n) is 13.6. The second-order valence-electron chi connectivity index (χ2n) is 5.04. The summed E-state index contributed by atoms with van der Waals surface area (Å²) >= 11 is 0. The minimum atomic E-state index is -1.02. The molecule has 0 saturated carbocycles.